The van der Waals surface area contributed by atoms with Gasteiger partial charge in [0.05, 0.1) is 11.2 Å². The third kappa shape index (κ3) is 5.55. The Kier molecular flexibility index (Phi) is 7.37. The van der Waals surface area contributed by atoms with Crippen molar-refractivity contribution in [3.8, 4) is 67.9 Å². The lowest BCUT2D eigenvalue weighted by atomic mass is 9.92. The van der Waals surface area contributed by atoms with Crippen molar-refractivity contribution in [1.29, 1.82) is 0 Å². The lowest BCUT2D eigenvalue weighted by molar-refractivity contribution is 1.05. The van der Waals surface area contributed by atoms with Crippen molar-refractivity contribution in [2.45, 2.75) is 0 Å². The molecular formula is C44H28N6. The van der Waals surface area contributed by atoms with Crippen LogP contribution in [0.25, 0.3) is 89.6 Å². The second-order valence-corrected chi connectivity index (χ2v) is 12.0. The van der Waals surface area contributed by atoms with Gasteiger partial charge in [-0.3, -0.25) is 9.97 Å². The van der Waals surface area contributed by atoms with Gasteiger partial charge in [0.25, 0.3) is 0 Å². The van der Waals surface area contributed by atoms with Gasteiger partial charge in [-0.15, -0.1) is 0 Å². The molecule has 0 aliphatic carbocycles. The summed E-state index contributed by atoms with van der Waals surface area (Å²) >= 11 is 0. The van der Waals surface area contributed by atoms with Crippen molar-refractivity contribution >= 4 is 21.7 Å². The fourth-order valence-corrected chi connectivity index (χ4v) is 6.39. The highest BCUT2D eigenvalue weighted by Crippen LogP contribution is 2.38. The maximum Gasteiger partial charge on any atom is 0.182 e. The minimum Gasteiger partial charge on any atom is -0.253 e. The number of pyridine rings is 3. The molecule has 0 aliphatic rings. The van der Waals surface area contributed by atoms with Gasteiger partial charge in [-0.1, -0.05) is 115 Å². The molecule has 4 aromatic heterocycles. The fraction of sp³-hybridized carbons (Fsp3) is 0. The van der Waals surface area contributed by atoms with Crippen LogP contribution in [-0.4, -0.2) is 29.9 Å². The van der Waals surface area contributed by atoms with E-state index in [9.17, 15) is 0 Å². The van der Waals surface area contributed by atoms with Gasteiger partial charge in [-0.25, -0.2) is 19.9 Å². The topological polar surface area (TPSA) is 77.3 Å². The Morgan fingerprint density at radius 1 is 0.340 bits per heavy atom. The molecule has 9 aromatic rings. The Morgan fingerprint density at radius 3 is 1.68 bits per heavy atom. The standard InChI is InChI=1S/C44H28N6/c1-2-12-31(13-3-1)40-28-36(41-35-16-5-4-11-30(35)23-24-37(41)47-40)34-15-10-14-33(27-34)29-19-21-32(22-20-29)42-48-43(38-17-6-8-25-45-38)50-44(49-42)39-18-7-9-26-46-39/h1-28H. The fourth-order valence-electron chi connectivity index (χ4n) is 6.39. The molecule has 9 rings (SSSR count). The van der Waals surface area contributed by atoms with Crippen LogP contribution >= 0.6 is 0 Å². The summed E-state index contributed by atoms with van der Waals surface area (Å²) in [4.78, 5) is 28.5. The number of rotatable bonds is 6. The molecule has 0 N–H and O–H groups in total. The number of nitrogens with zero attached hydrogens (tertiary/aromatic N) is 6. The number of hydrogen-bond acceptors (Lipinski definition) is 6. The Balaban J connectivity index is 1.13. The van der Waals surface area contributed by atoms with E-state index in [2.05, 4.69) is 125 Å². The van der Waals surface area contributed by atoms with E-state index in [-0.39, 0.29) is 0 Å². The normalized spacial score (nSPS) is 11.2. The summed E-state index contributed by atoms with van der Waals surface area (Å²) in [5, 5.41) is 3.53. The third-order valence-corrected chi connectivity index (χ3v) is 8.84. The highest BCUT2D eigenvalue weighted by atomic mass is 15.1. The average Bonchev–Trinajstić information content (AvgIpc) is 3.21. The van der Waals surface area contributed by atoms with Crippen LogP contribution in [0.15, 0.2) is 170 Å². The Hall–Kier alpha value is -6.92. The first-order valence-corrected chi connectivity index (χ1v) is 16.4. The van der Waals surface area contributed by atoms with Crippen LogP contribution < -0.4 is 0 Å². The quantitative estimate of drug-likeness (QED) is 0.168. The summed E-state index contributed by atoms with van der Waals surface area (Å²) in [6.45, 7) is 0. The van der Waals surface area contributed by atoms with E-state index in [4.69, 9.17) is 19.9 Å². The highest BCUT2D eigenvalue weighted by molar-refractivity contribution is 6.14. The van der Waals surface area contributed by atoms with Gasteiger partial charge in [0.15, 0.2) is 17.5 Å². The Bertz CT molecular complexity index is 2570. The molecule has 0 bridgehead atoms. The summed E-state index contributed by atoms with van der Waals surface area (Å²) in [5.74, 6) is 1.56. The molecule has 0 saturated carbocycles. The Morgan fingerprint density at radius 2 is 0.960 bits per heavy atom. The average molecular weight is 641 g/mol. The molecule has 0 aliphatic heterocycles. The zero-order valence-electron chi connectivity index (χ0n) is 26.8. The van der Waals surface area contributed by atoms with E-state index < -0.39 is 0 Å². The monoisotopic (exact) mass is 640 g/mol. The Labute approximate surface area is 288 Å². The van der Waals surface area contributed by atoms with Crippen molar-refractivity contribution in [2.75, 3.05) is 0 Å². The molecule has 0 radical (unpaired) electrons. The number of fused-ring (bicyclic) bond motifs is 3. The van der Waals surface area contributed by atoms with Crippen molar-refractivity contribution in [3.05, 3.63) is 170 Å². The lowest BCUT2D eigenvalue weighted by Gasteiger charge is -2.14. The van der Waals surface area contributed by atoms with Gasteiger partial charge in [-0.05, 0) is 75.5 Å². The zero-order valence-corrected chi connectivity index (χ0v) is 26.8. The van der Waals surface area contributed by atoms with E-state index >= 15 is 0 Å². The molecular weight excluding hydrogens is 613 g/mol. The zero-order chi connectivity index (χ0) is 33.3. The number of aromatic nitrogens is 6. The van der Waals surface area contributed by atoms with Gasteiger partial charge in [-0.2, -0.15) is 0 Å². The second kappa shape index (κ2) is 12.6. The summed E-state index contributed by atoms with van der Waals surface area (Å²) in [5.41, 5.74) is 9.72. The minimum absolute atomic E-state index is 0.500. The molecule has 0 amide bonds. The van der Waals surface area contributed by atoms with Crippen molar-refractivity contribution in [2.24, 2.45) is 0 Å². The van der Waals surface area contributed by atoms with Gasteiger partial charge < -0.3 is 0 Å². The molecule has 0 unspecified atom stereocenters. The molecule has 0 fully saturated rings. The minimum atomic E-state index is 0.500. The summed E-state index contributed by atoms with van der Waals surface area (Å²) < 4.78 is 0. The largest absolute Gasteiger partial charge is 0.253 e. The predicted octanol–water partition coefficient (Wildman–Crippen LogP) is 10.4. The molecule has 6 heteroatoms. The second-order valence-electron chi connectivity index (χ2n) is 12.0. The van der Waals surface area contributed by atoms with Crippen molar-refractivity contribution in [1.82, 2.24) is 29.9 Å². The van der Waals surface area contributed by atoms with Gasteiger partial charge in [0.1, 0.15) is 11.4 Å². The summed E-state index contributed by atoms with van der Waals surface area (Å²) in [6, 6.07) is 53.9. The van der Waals surface area contributed by atoms with Crippen LogP contribution in [0.5, 0.6) is 0 Å². The van der Waals surface area contributed by atoms with Gasteiger partial charge in [0.2, 0.25) is 0 Å². The first kappa shape index (κ1) is 29.2. The molecule has 0 saturated heterocycles. The van der Waals surface area contributed by atoms with E-state index in [1.165, 1.54) is 10.8 Å². The summed E-state index contributed by atoms with van der Waals surface area (Å²) in [7, 11) is 0. The van der Waals surface area contributed by atoms with Crippen LogP contribution in [0.2, 0.25) is 0 Å². The van der Waals surface area contributed by atoms with Crippen LogP contribution in [-0.2, 0) is 0 Å². The first-order chi connectivity index (χ1) is 24.8. The summed E-state index contributed by atoms with van der Waals surface area (Å²) in [6.07, 6.45) is 3.48. The molecule has 4 heterocycles. The van der Waals surface area contributed by atoms with Crippen molar-refractivity contribution in [3.63, 3.8) is 0 Å². The van der Waals surface area contributed by atoms with E-state index in [1.54, 1.807) is 12.4 Å². The van der Waals surface area contributed by atoms with Crippen LogP contribution in [0.4, 0.5) is 0 Å². The SMILES string of the molecule is c1ccc(-c2cc(-c3cccc(-c4ccc(-c5nc(-c6ccccn6)nc(-c6ccccn6)n5)cc4)c3)c3c(ccc4ccccc43)n2)cc1. The molecule has 0 atom stereocenters. The van der Waals surface area contributed by atoms with Gasteiger partial charge in [0, 0.05) is 28.9 Å². The molecule has 234 valence electrons. The highest BCUT2D eigenvalue weighted by Gasteiger charge is 2.16. The first-order valence-electron chi connectivity index (χ1n) is 16.4. The lowest BCUT2D eigenvalue weighted by Crippen LogP contribution is -2.01. The number of benzene rings is 5. The van der Waals surface area contributed by atoms with E-state index in [1.807, 2.05) is 42.5 Å². The van der Waals surface area contributed by atoms with Crippen LogP contribution in [0.1, 0.15) is 0 Å². The molecule has 6 nitrogen and oxygen atoms in total. The third-order valence-electron chi connectivity index (χ3n) is 8.84. The maximum atomic E-state index is 5.13. The maximum absolute atomic E-state index is 5.13. The number of hydrogen-bond donors (Lipinski definition) is 0. The van der Waals surface area contributed by atoms with Crippen LogP contribution in [0.3, 0.4) is 0 Å². The predicted molar refractivity (Wildman–Crippen MR) is 201 cm³/mol. The van der Waals surface area contributed by atoms with Gasteiger partial charge >= 0.3 is 0 Å². The molecule has 5 aromatic carbocycles. The van der Waals surface area contributed by atoms with E-state index in [0.717, 1.165) is 50.0 Å². The smallest absolute Gasteiger partial charge is 0.182 e. The van der Waals surface area contributed by atoms with Crippen molar-refractivity contribution < 1.29 is 0 Å². The molecule has 50 heavy (non-hydrogen) atoms. The van der Waals surface area contributed by atoms with Crippen LogP contribution in [0, 0.1) is 0 Å². The van der Waals surface area contributed by atoms with E-state index in [0.29, 0.717) is 28.9 Å². The molecule has 0 spiro atoms.